The molecule has 5 aliphatic rings. The summed E-state index contributed by atoms with van der Waals surface area (Å²) >= 11 is 6.30. The fraction of sp³-hybridized carbons (Fsp3) is 0.600. The number of cyclic esters (lactones) is 1. The van der Waals surface area contributed by atoms with E-state index in [2.05, 4.69) is 10.3 Å². The predicted molar refractivity (Wildman–Crippen MR) is 192 cm³/mol. The second-order valence-electron chi connectivity index (χ2n) is 15.1. The number of fused-ring (bicyclic) bond motifs is 3. The number of carbonyl (C=O) groups is 3. The van der Waals surface area contributed by atoms with E-state index >= 15 is 8.78 Å². The molecule has 54 heavy (non-hydrogen) atoms. The summed E-state index contributed by atoms with van der Waals surface area (Å²) < 4.78 is 72.1. The number of piperazine rings is 1. The molecule has 7 rings (SSSR count). The van der Waals surface area contributed by atoms with E-state index in [0.717, 1.165) is 6.42 Å². The number of anilines is 2. The Balaban J connectivity index is 0.964. The van der Waals surface area contributed by atoms with Crippen molar-refractivity contribution in [1.29, 1.82) is 0 Å². The Morgan fingerprint density at radius 3 is 2.52 bits per heavy atom. The van der Waals surface area contributed by atoms with Crippen molar-refractivity contribution in [3.8, 4) is 5.75 Å². The number of sulfonamides is 1. The molecule has 4 atom stereocenters. The van der Waals surface area contributed by atoms with Crippen LogP contribution in [0.2, 0.25) is 5.15 Å². The van der Waals surface area contributed by atoms with Crippen LogP contribution in [-0.2, 0) is 30.3 Å². The van der Waals surface area contributed by atoms with E-state index in [9.17, 15) is 27.9 Å². The van der Waals surface area contributed by atoms with Crippen molar-refractivity contribution < 1.29 is 50.6 Å². The topological polar surface area (TPSA) is 185 Å². The number of ether oxygens (including phenoxy) is 2. The monoisotopic (exact) mass is 796 g/mol. The van der Waals surface area contributed by atoms with E-state index in [-0.39, 0.29) is 102 Å². The van der Waals surface area contributed by atoms with Crippen LogP contribution in [0.5, 0.6) is 5.75 Å². The Bertz CT molecular complexity index is 1910. The zero-order valence-corrected chi connectivity index (χ0v) is 31.4. The molecule has 3 saturated heterocycles. The first-order chi connectivity index (χ1) is 25.6. The number of aliphatic hydroxyl groups is 1. The van der Waals surface area contributed by atoms with Crippen molar-refractivity contribution >= 4 is 51.0 Å². The number of benzene rings is 1. The highest BCUT2D eigenvalue weighted by atomic mass is 35.5. The van der Waals surface area contributed by atoms with E-state index in [4.69, 9.17) is 26.8 Å². The summed E-state index contributed by atoms with van der Waals surface area (Å²) in [6.45, 7) is 0.849. The van der Waals surface area contributed by atoms with Crippen LogP contribution < -0.4 is 25.6 Å². The maximum atomic E-state index is 16.1. The van der Waals surface area contributed by atoms with Crippen LogP contribution in [0.1, 0.15) is 44.1 Å². The summed E-state index contributed by atoms with van der Waals surface area (Å²) in [6.07, 6.45) is 1.16. The van der Waals surface area contributed by atoms with Crippen LogP contribution in [0.15, 0.2) is 35.2 Å². The van der Waals surface area contributed by atoms with Gasteiger partial charge >= 0.3 is 6.09 Å². The number of nitrogens with one attached hydrogen (secondary N) is 1. The number of carbonyl (C=O) groups excluding carboxylic acids is 3. The van der Waals surface area contributed by atoms with Gasteiger partial charge in [0.15, 0.2) is 18.7 Å². The molecule has 1 aromatic carbocycles. The third kappa shape index (κ3) is 7.18. The average Bonchev–Trinajstić information content (AvgIpc) is 3.69. The van der Waals surface area contributed by atoms with E-state index in [1.807, 2.05) is 7.05 Å². The summed E-state index contributed by atoms with van der Waals surface area (Å²) in [4.78, 5) is 44.6. The number of rotatable bonds is 10. The fourth-order valence-electron chi connectivity index (χ4n) is 8.68. The van der Waals surface area contributed by atoms with E-state index in [1.54, 1.807) is 4.90 Å². The predicted octanol–water partition coefficient (Wildman–Crippen LogP) is 2.19. The number of likely N-dealkylation sites (N-methyl/N-ethyl adjacent to an activating group) is 1. The van der Waals surface area contributed by atoms with Gasteiger partial charge in [0.25, 0.3) is 17.7 Å². The second-order valence-corrected chi connectivity index (χ2v) is 17.4. The van der Waals surface area contributed by atoms with Crippen LogP contribution >= 0.6 is 11.6 Å². The highest BCUT2D eigenvalue weighted by molar-refractivity contribution is 7.89. The minimum atomic E-state index is -3.99. The van der Waals surface area contributed by atoms with Gasteiger partial charge in [0.2, 0.25) is 10.0 Å². The van der Waals surface area contributed by atoms with Gasteiger partial charge in [0.1, 0.15) is 29.4 Å². The molecule has 0 bridgehead atoms. The van der Waals surface area contributed by atoms with Gasteiger partial charge in [-0.25, -0.2) is 27.0 Å². The normalized spacial score (nSPS) is 28.9. The second kappa shape index (κ2) is 14.7. The van der Waals surface area contributed by atoms with Crippen molar-refractivity contribution in [3.05, 3.63) is 41.0 Å². The van der Waals surface area contributed by atoms with Crippen molar-refractivity contribution in [1.82, 2.24) is 14.6 Å². The number of primary amides is 1. The molecule has 1 aromatic heterocycles. The number of amides is 3. The van der Waals surface area contributed by atoms with Crippen LogP contribution in [-0.4, -0.2) is 129 Å². The molecule has 4 aliphatic heterocycles. The van der Waals surface area contributed by atoms with E-state index in [0.29, 0.717) is 31.5 Å². The standard InChI is InChI=1S/C35H44ClF2N7O8S/c1-45(18-31(39)47)14-2-3-27(45)33(48)40-23-6-4-21(5-7-23)35(37,38)22-15-30(36)41-32(16-22)42-10-12-43(13-11-42)54(50,51)24-8-9-25-28(17-24)52-20-26-29(19-46)53-34(49)44(25)26/h8-9,15-17,21,23,26-27,29,46H,2-7,10-14,18-20H2,1H3,(H2-,39,40,47,48)/p+1/t21?,23?,26-,27+,29+,45-/m1/s1. The minimum absolute atomic E-state index is 0.0273. The molecule has 2 aromatic rings. The summed E-state index contributed by atoms with van der Waals surface area (Å²) in [5.41, 5.74) is 5.51. The van der Waals surface area contributed by atoms with Gasteiger partial charge in [-0.2, -0.15) is 4.31 Å². The van der Waals surface area contributed by atoms with Gasteiger partial charge in [-0.05, 0) is 49.9 Å². The summed E-state index contributed by atoms with van der Waals surface area (Å²) in [7, 11) is -2.15. The molecule has 294 valence electrons. The highest BCUT2D eigenvalue weighted by Crippen LogP contribution is 2.45. The molecule has 19 heteroatoms. The zero-order chi connectivity index (χ0) is 38.6. The number of pyridine rings is 1. The van der Waals surface area contributed by atoms with Crippen molar-refractivity contribution in [2.45, 2.75) is 73.6 Å². The number of hydrogen-bond acceptors (Lipinski definition) is 10. The number of nitrogens with two attached hydrogens (primary N) is 1. The number of likely N-dealkylation sites (tertiary alicyclic amines) is 1. The molecule has 1 aliphatic carbocycles. The van der Waals surface area contributed by atoms with Crippen molar-refractivity contribution in [3.63, 3.8) is 0 Å². The largest absolute Gasteiger partial charge is 0.489 e. The number of hydrogen-bond donors (Lipinski definition) is 3. The summed E-state index contributed by atoms with van der Waals surface area (Å²) in [5.74, 6) is -4.44. The smallest absolute Gasteiger partial charge is 0.415 e. The molecule has 5 heterocycles. The number of aromatic nitrogens is 1. The van der Waals surface area contributed by atoms with Crippen LogP contribution in [0.3, 0.4) is 0 Å². The molecule has 0 spiro atoms. The fourth-order valence-corrected chi connectivity index (χ4v) is 10.3. The Morgan fingerprint density at radius 1 is 1.11 bits per heavy atom. The lowest BCUT2D eigenvalue weighted by molar-refractivity contribution is -0.904. The number of alkyl halides is 2. The quantitative estimate of drug-likeness (QED) is 0.238. The molecule has 4 fully saturated rings. The number of aliphatic hydroxyl groups excluding tert-OH is 1. The molecule has 1 saturated carbocycles. The first-order valence-corrected chi connectivity index (χ1v) is 20.0. The molecular formula is C35H45ClF2N7O8S+. The first-order valence-electron chi connectivity index (χ1n) is 18.2. The third-order valence-corrected chi connectivity index (χ3v) is 13.7. The maximum absolute atomic E-state index is 16.1. The zero-order valence-electron chi connectivity index (χ0n) is 29.8. The molecular weight excluding hydrogens is 752 g/mol. The average molecular weight is 797 g/mol. The van der Waals surface area contributed by atoms with E-state index in [1.165, 1.54) is 39.5 Å². The number of quaternary nitrogens is 1. The lowest BCUT2D eigenvalue weighted by atomic mass is 9.80. The molecule has 0 unspecified atom stereocenters. The molecule has 15 nitrogen and oxygen atoms in total. The lowest BCUT2D eigenvalue weighted by Crippen LogP contribution is -2.59. The van der Waals surface area contributed by atoms with Crippen LogP contribution in [0, 0.1) is 5.92 Å². The third-order valence-electron chi connectivity index (χ3n) is 11.7. The van der Waals surface area contributed by atoms with Gasteiger partial charge in [0.05, 0.1) is 30.8 Å². The summed E-state index contributed by atoms with van der Waals surface area (Å²) in [6, 6.07) is 5.53. The Morgan fingerprint density at radius 2 is 1.83 bits per heavy atom. The molecule has 0 radical (unpaired) electrons. The molecule has 4 N–H and O–H groups in total. The molecule has 3 amide bonds. The van der Waals surface area contributed by atoms with Crippen LogP contribution in [0.25, 0.3) is 0 Å². The van der Waals surface area contributed by atoms with Gasteiger partial charge in [-0.15, -0.1) is 0 Å². The van der Waals surface area contributed by atoms with E-state index < -0.39 is 52.1 Å². The number of halogens is 3. The van der Waals surface area contributed by atoms with Crippen LogP contribution in [0.4, 0.5) is 25.1 Å². The van der Waals surface area contributed by atoms with Gasteiger partial charge in [-0.1, -0.05) is 11.6 Å². The Labute approximate surface area is 316 Å². The Kier molecular flexibility index (Phi) is 10.4. The highest BCUT2D eigenvalue weighted by Gasteiger charge is 2.48. The number of nitrogens with zero attached hydrogens (tertiary/aromatic N) is 5. The van der Waals surface area contributed by atoms with Gasteiger partial charge < -0.3 is 35.0 Å². The van der Waals surface area contributed by atoms with Gasteiger partial charge in [0, 0.05) is 62.6 Å². The maximum Gasteiger partial charge on any atom is 0.415 e. The van der Waals surface area contributed by atoms with Crippen molar-refractivity contribution in [2.75, 3.05) is 69.3 Å². The Hall–Kier alpha value is -3.84. The SMILES string of the molecule is C[N@+]1(CC(N)=O)CCC[C@H]1C(=O)NC1CCC(C(F)(F)c2cc(Cl)nc(N3CCN(S(=O)(=O)c4ccc5c(c4)OC[C@@H]4[C@H](CO)OC(=O)N54)CC3)c2)CC1. The summed E-state index contributed by atoms with van der Waals surface area (Å²) in [5, 5.41) is 12.5. The first kappa shape index (κ1) is 38.4. The lowest BCUT2D eigenvalue weighted by Gasteiger charge is -2.37. The minimum Gasteiger partial charge on any atom is -0.489 e. The van der Waals surface area contributed by atoms with Gasteiger partial charge in [-0.3, -0.25) is 14.5 Å². The van der Waals surface area contributed by atoms with Crippen molar-refractivity contribution in [2.24, 2.45) is 11.7 Å².